The maximum atomic E-state index is 12.0. The van der Waals surface area contributed by atoms with Gasteiger partial charge in [0.1, 0.15) is 6.04 Å². The van der Waals surface area contributed by atoms with E-state index < -0.39 is 0 Å². The van der Waals surface area contributed by atoms with Crippen molar-refractivity contribution in [2.45, 2.75) is 38.3 Å². The highest BCUT2D eigenvalue weighted by atomic mass is 16.2. The van der Waals surface area contributed by atoms with Gasteiger partial charge in [-0.2, -0.15) is 0 Å². The van der Waals surface area contributed by atoms with E-state index in [-0.39, 0.29) is 23.9 Å². The summed E-state index contributed by atoms with van der Waals surface area (Å²) in [6.45, 7) is 3.50. The predicted octanol–water partition coefficient (Wildman–Crippen LogP) is -0.539. The molecule has 2 aliphatic rings. The molecule has 0 bridgehead atoms. The highest BCUT2D eigenvalue weighted by Gasteiger charge is 2.35. The zero-order chi connectivity index (χ0) is 11.7. The number of carbonyl (C=O) groups excluding carboxylic acids is 2. The van der Waals surface area contributed by atoms with Crippen molar-refractivity contribution in [2.75, 3.05) is 13.1 Å². The van der Waals surface area contributed by atoms with Crippen molar-refractivity contribution in [3.8, 4) is 0 Å². The summed E-state index contributed by atoms with van der Waals surface area (Å²) in [5, 5.41) is 2.71. The van der Waals surface area contributed by atoms with Crippen LogP contribution >= 0.6 is 0 Å². The molecule has 2 saturated heterocycles. The molecule has 3 atom stereocenters. The van der Waals surface area contributed by atoms with Crippen LogP contribution in [0.4, 0.5) is 0 Å². The van der Waals surface area contributed by atoms with E-state index in [1.54, 1.807) is 0 Å². The van der Waals surface area contributed by atoms with Gasteiger partial charge in [0.15, 0.2) is 0 Å². The van der Waals surface area contributed by atoms with Gasteiger partial charge in [0.2, 0.25) is 11.8 Å². The third-order valence-corrected chi connectivity index (χ3v) is 3.57. The van der Waals surface area contributed by atoms with Gasteiger partial charge in [-0.25, -0.2) is 0 Å². The monoisotopic (exact) mass is 225 g/mol. The van der Waals surface area contributed by atoms with E-state index in [1.807, 2.05) is 11.8 Å². The van der Waals surface area contributed by atoms with Gasteiger partial charge >= 0.3 is 0 Å². The molecule has 5 nitrogen and oxygen atoms in total. The highest BCUT2D eigenvalue weighted by molar-refractivity contribution is 5.90. The quantitative estimate of drug-likeness (QED) is 0.663. The molecule has 0 spiro atoms. The van der Waals surface area contributed by atoms with Crippen molar-refractivity contribution < 1.29 is 9.59 Å². The maximum Gasteiger partial charge on any atom is 0.245 e. The Balaban J connectivity index is 1.89. The summed E-state index contributed by atoms with van der Waals surface area (Å²) in [6, 6.07) is -0.157. The van der Waals surface area contributed by atoms with E-state index in [1.165, 1.54) is 0 Å². The summed E-state index contributed by atoms with van der Waals surface area (Å²) in [7, 11) is 0. The zero-order valence-corrected chi connectivity index (χ0v) is 9.61. The van der Waals surface area contributed by atoms with E-state index in [2.05, 4.69) is 5.32 Å². The third-order valence-electron chi connectivity index (χ3n) is 3.57. The fourth-order valence-electron chi connectivity index (χ4n) is 2.44. The van der Waals surface area contributed by atoms with Crippen LogP contribution in [0.15, 0.2) is 0 Å². The van der Waals surface area contributed by atoms with Gasteiger partial charge in [-0.15, -0.1) is 0 Å². The molecular formula is C11H19N3O2. The van der Waals surface area contributed by atoms with Gasteiger partial charge in [0.25, 0.3) is 0 Å². The standard InChI is InChI=1S/C11H19N3O2/c1-7(12)8-4-5-14(6-8)11(16)9-2-3-10(15)13-9/h7-9H,2-6,12H2,1H3,(H,13,15)/t7?,8?,9-/m1/s1. The van der Waals surface area contributed by atoms with E-state index in [0.29, 0.717) is 18.8 Å². The Morgan fingerprint density at radius 1 is 1.56 bits per heavy atom. The molecular weight excluding hydrogens is 206 g/mol. The summed E-state index contributed by atoms with van der Waals surface area (Å²) >= 11 is 0. The Morgan fingerprint density at radius 3 is 2.81 bits per heavy atom. The van der Waals surface area contributed by atoms with Crippen molar-refractivity contribution in [2.24, 2.45) is 11.7 Å². The minimum absolute atomic E-state index is 0.0127. The van der Waals surface area contributed by atoms with Crippen LogP contribution in [0.1, 0.15) is 26.2 Å². The van der Waals surface area contributed by atoms with Crippen LogP contribution in [0.3, 0.4) is 0 Å². The molecule has 16 heavy (non-hydrogen) atoms. The molecule has 2 unspecified atom stereocenters. The molecule has 2 aliphatic heterocycles. The number of rotatable bonds is 2. The number of nitrogens with zero attached hydrogens (tertiary/aromatic N) is 1. The molecule has 0 aromatic heterocycles. The number of hydrogen-bond acceptors (Lipinski definition) is 3. The van der Waals surface area contributed by atoms with Crippen LogP contribution in [-0.2, 0) is 9.59 Å². The average molecular weight is 225 g/mol. The summed E-state index contributed by atoms with van der Waals surface area (Å²) in [5.41, 5.74) is 5.83. The molecule has 0 aliphatic carbocycles. The fourth-order valence-corrected chi connectivity index (χ4v) is 2.44. The van der Waals surface area contributed by atoms with Gasteiger partial charge in [-0.3, -0.25) is 9.59 Å². The Kier molecular flexibility index (Phi) is 3.14. The smallest absolute Gasteiger partial charge is 0.245 e. The van der Waals surface area contributed by atoms with Gasteiger partial charge in [0.05, 0.1) is 0 Å². The second kappa shape index (κ2) is 4.41. The predicted molar refractivity (Wildman–Crippen MR) is 59.5 cm³/mol. The Hall–Kier alpha value is -1.10. The number of nitrogens with one attached hydrogen (secondary N) is 1. The molecule has 0 aromatic rings. The number of amides is 2. The van der Waals surface area contributed by atoms with Crippen LogP contribution in [-0.4, -0.2) is 41.9 Å². The number of likely N-dealkylation sites (tertiary alicyclic amines) is 1. The van der Waals surface area contributed by atoms with Crippen LogP contribution in [0.2, 0.25) is 0 Å². The third kappa shape index (κ3) is 2.19. The second-order valence-electron chi connectivity index (χ2n) is 4.85. The highest BCUT2D eigenvalue weighted by Crippen LogP contribution is 2.21. The van der Waals surface area contributed by atoms with Gasteiger partial charge in [-0.1, -0.05) is 0 Å². The van der Waals surface area contributed by atoms with E-state index >= 15 is 0 Å². The lowest BCUT2D eigenvalue weighted by atomic mass is 10.0. The van der Waals surface area contributed by atoms with Gasteiger partial charge in [0, 0.05) is 25.6 Å². The summed E-state index contributed by atoms with van der Waals surface area (Å²) in [6.07, 6.45) is 2.09. The van der Waals surface area contributed by atoms with Crippen molar-refractivity contribution in [3.63, 3.8) is 0 Å². The average Bonchev–Trinajstić information content (AvgIpc) is 2.84. The number of hydrogen-bond donors (Lipinski definition) is 2. The minimum Gasteiger partial charge on any atom is -0.344 e. The SMILES string of the molecule is CC(N)C1CCN(C(=O)[C@H]2CCC(=O)N2)C1. The number of carbonyl (C=O) groups is 2. The molecule has 0 aromatic carbocycles. The lowest BCUT2D eigenvalue weighted by Crippen LogP contribution is -2.44. The number of nitrogens with two attached hydrogens (primary N) is 1. The van der Waals surface area contributed by atoms with Crippen molar-refractivity contribution in [3.05, 3.63) is 0 Å². The van der Waals surface area contributed by atoms with Crippen LogP contribution in [0.5, 0.6) is 0 Å². The first-order valence-electron chi connectivity index (χ1n) is 5.91. The minimum atomic E-state index is -0.292. The molecule has 3 N–H and O–H groups in total. The Labute approximate surface area is 95.3 Å². The molecule has 2 amide bonds. The normalized spacial score (nSPS) is 31.6. The first-order valence-corrected chi connectivity index (χ1v) is 5.91. The molecule has 90 valence electrons. The first-order chi connectivity index (χ1) is 7.58. The molecule has 2 heterocycles. The lowest BCUT2D eigenvalue weighted by molar-refractivity contribution is -0.133. The van der Waals surface area contributed by atoms with Crippen molar-refractivity contribution in [1.82, 2.24) is 10.2 Å². The van der Waals surface area contributed by atoms with Gasteiger partial charge < -0.3 is 16.0 Å². The van der Waals surface area contributed by atoms with Gasteiger partial charge in [-0.05, 0) is 25.7 Å². The Morgan fingerprint density at radius 2 is 2.31 bits per heavy atom. The van der Waals surface area contributed by atoms with Crippen molar-refractivity contribution >= 4 is 11.8 Å². The topological polar surface area (TPSA) is 75.4 Å². The summed E-state index contributed by atoms with van der Waals surface area (Å²) in [5.74, 6) is 0.455. The molecule has 2 fully saturated rings. The van der Waals surface area contributed by atoms with E-state index in [4.69, 9.17) is 5.73 Å². The molecule has 0 radical (unpaired) electrons. The second-order valence-corrected chi connectivity index (χ2v) is 4.85. The van der Waals surface area contributed by atoms with Crippen LogP contribution in [0, 0.1) is 5.92 Å². The van der Waals surface area contributed by atoms with Crippen LogP contribution in [0.25, 0.3) is 0 Å². The largest absolute Gasteiger partial charge is 0.344 e. The summed E-state index contributed by atoms with van der Waals surface area (Å²) < 4.78 is 0. The first kappa shape index (κ1) is 11.4. The maximum absolute atomic E-state index is 12.0. The Bertz CT molecular complexity index is 304. The van der Waals surface area contributed by atoms with Crippen molar-refractivity contribution in [1.29, 1.82) is 0 Å². The molecule has 2 rings (SSSR count). The summed E-state index contributed by atoms with van der Waals surface area (Å²) in [4.78, 5) is 24.9. The van der Waals surface area contributed by atoms with Crippen LogP contribution < -0.4 is 11.1 Å². The fraction of sp³-hybridized carbons (Fsp3) is 0.818. The van der Waals surface area contributed by atoms with E-state index in [9.17, 15) is 9.59 Å². The molecule has 0 saturated carbocycles. The molecule has 5 heteroatoms. The lowest BCUT2D eigenvalue weighted by Gasteiger charge is -2.21. The van der Waals surface area contributed by atoms with E-state index in [0.717, 1.165) is 19.5 Å². The zero-order valence-electron chi connectivity index (χ0n) is 9.61.